The Morgan fingerprint density at radius 3 is 2.73 bits per heavy atom. The van der Waals surface area contributed by atoms with E-state index in [2.05, 4.69) is 20.8 Å². The van der Waals surface area contributed by atoms with Crippen LogP contribution in [0, 0.1) is 23.2 Å². The van der Waals surface area contributed by atoms with Gasteiger partial charge in [-0.3, -0.25) is 9.59 Å². The lowest BCUT2D eigenvalue weighted by atomic mass is 9.70. The monoisotopic (exact) mass is 302 g/mol. The number of carbonyl (C=O) groups is 2. The first kappa shape index (κ1) is 17.2. The van der Waals surface area contributed by atoms with Gasteiger partial charge in [-0.05, 0) is 76.4 Å². The Balaban J connectivity index is 2.13. The second-order valence-electron chi connectivity index (χ2n) is 7.99. The highest BCUT2D eigenvalue weighted by Crippen LogP contribution is 2.54. The molecule has 0 radical (unpaired) electrons. The third-order valence-electron chi connectivity index (χ3n) is 5.83. The van der Waals surface area contributed by atoms with E-state index in [1.165, 1.54) is 5.57 Å². The zero-order valence-electron chi connectivity index (χ0n) is 14.7. The molecule has 0 N–H and O–H groups in total. The summed E-state index contributed by atoms with van der Waals surface area (Å²) in [6.07, 6.45) is 8.43. The van der Waals surface area contributed by atoms with Crippen molar-refractivity contribution in [3.05, 3.63) is 23.3 Å². The van der Waals surface area contributed by atoms with Gasteiger partial charge in [0.25, 0.3) is 0 Å². The normalized spacial score (nSPS) is 32.8. The maximum Gasteiger partial charge on any atom is 0.161 e. The largest absolute Gasteiger partial charge is 0.295 e. The number of hydrogen-bond donors (Lipinski definition) is 0. The first-order chi connectivity index (χ1) is 10.2. The van der Waals surface area contributed by atoms with Gasteiger partial charge >= 0.3 is 0 Å². The lowest BCUT2D eigenvalue weighted by Gasteiger charge is -2.33. The van der Waals surface area contributed by atoms with Crippen molar-refractivity contribution in [2.75, 3.05) is 0 Å². The van der Waals surface area contributed by atoms with E-state index < -0.39 is 0 Å². The minimum absolute atomic E-state index is 0.198. The molecule has 0 spiro atoms. The summed E-state index contributed by atoms with van der Waals surface area (Å²) in [7, 11) is 0. The quantitative estimate of drug-likeness (QED) is 0.693. The molecular formula is C20H30O2. The summed E-state index contributed by atoms with van der Waals surface area (Å²) in [5, 5.41) is 0. The van der Waals surface area contributed by atoms with Crippen molar-refractivity contribution in [3.8, 4) is 0 Å². The fraction of sp³-hybridized carbons (Fsp3) is 0.700. The third-order valence-corrected chi connectivity index (χ3v) is 5.83. The number of carbonyl (C=O) groups excluding carboxylic acids is 2. The Hall–Kier alpha value is -1.18. The molecule has 0 bridgehead atoms. The SMILES string of the molecule is CC(C)=CC(=O)C[C@@H](C)[C@H]1CC[C@@]2(C)C(=O)C=C(C)CC[C@H]12. The van der Waals surface area contributed by atoms with Crippen molar-refractivity contribution in [1.29, 1.82) is 0 Å². The average molecular weight is 302 g/mol. The van der Waals surface area contributed by atoms with Gasteiger partial charge in [0.05, 0.1) is 0 Å². The van der Waals surface area contributed by atoms with Gasteiger partial charge < -0.3 is 0 Å². The molecule has 22 heavy (non-hydrogen) atoms. The van der Waals surface area contributed by atoms with Gasteiger partial charge in [-0.1, -0.05) is 25.0 Å². The molecule has 2 rings (SSSR count). The molecule has 0 aliphatic heterocycles. The van der Waals surface area contributed by atoms with Crippen molar-refractivity contribution < 1.29 is 9.59 Å². The molecule has 2 heteroatoms. The van der Waals surface area contributed by atoms with E-state index in [-0.39, 0.29) is 11.2 Å². The van der Waals surface area contributed by atoms with Gasteiger partial charge in [-0.2, -0.15) is 0 Å². The lowest BCUT2D eigenvalue weighted by molar-refractivity contribution is -0.125. The molecule has 0 aromatic carbocycles. The fourth-order valence-corrected chi connectivity index (χ4v) is 4.54. The molecule has 0 amide bonds. The highest BCUT2D eigenvalue weighted by molar-refractivity contribution is 5.96. The summed E-state index contributed by atoms with van der Waals surface area (Å²) in [6.45, 7) is 10.4. The summed E-state index contributed by atoms with van der Waals surface area (Å²) in [5.74, 6) is 1.85. The van der Waals surface area contributed by atoms with Gasteiger partial charge in [-0.25, -0.2) is 0 Å². The van der Waals surface area contributed by atoms with E-state index in [0.717, 1.165) is 31.3 Å². The van der Waals surface area contributed by atoms with Gasteiger partial charge in [0.15, 0.2) is 11.6 Å². The first-order valence-electron chi connectivity index (χ1n) is 8.63. The van der Waals surface area contributed by atoms with E-state index in [4.69, 9.17) is 0 Å². The maximum absolute atomic E-state index is 12.6. The van der Waals surface area contributed by atoms with Gasteiger partial charge in [0.1, 0.15) is 0 Å². The van der Waals surface area contributed by atoms with Crippen LogP contribution < -0.4 is 0 Å². The number of fused-ring (bicyclic) bond motifs is 1. The number of ketones is 2. The van der Waals surface area contributed by atoms with E-state index in [1.54, 1.807) is 6.08 Å². The molecule has 0 aromatic heterocycles. The maximum atomic E-state index is 12.6. The number of hydrogen-bond acceptors (Lipinski definition) is 2. The van der Waals surface area contributed by atoms with Crippen LogP contribution in [0.15, 0.2) is 23.3 Å². The Morgan fingerprint density at radius 2 is 2.09 bits per heavy atom. The van der Waals surface area contributed by atoms with Crippen LogP contribution in [0.2, 0.25) is 0 Å². The van der Waals surface area contributed by atoms with Gasteiger partial charge in [0, 0.05) is 11.8 Å². The Kier molecular flexibility index (Phi) is 5.09. The summed E-state index contributed by atoms with van der Waals surface area (Å²) in [5.41, 5.74) is 2.08. The predicted molar refractivity (Wildman–Crippen MR) is 90.5 cm³/mol. The van der Waals surface area contributed by atoms with Gasteiger partial charge in [0.2, 0.25) is 0 Å². The first-order valence-corrected chi connectivity index (χ1v) is 8.63. The van der Waals surface area contributed by atoms with Crippen LogP contribution in [0.4, 0.5) is 0 Å². The molecule has 2 aliphatic carbocycles. The van der Waals surface area contributed by atoms with Crippen molar-refractivity contribution in [2.45, 2.75) is 66.7 Å². The Morgan fingerprint density at radius 1 is 1.41 bits per heavy atom. The van der Waals surface area contributed by atoms with E-state index >= 15 is 0 Å². The van der Waals surface area contributed by atoms with Crippen LogP contribution in [0.5, 0.6) is 0 Å². The third kappa shape index (κ3) is 3.42. The van der Waals surface area contributed by atoms with Crippen LogP contribution in [-0.4, -0.2) is 11.6 Å². The lowest BCUT2D eigenvalue weighted by Crippen LogP contribution is -2.33. The van der Waals surface area contributed by atoms with E-state index in [0.29, 0.717) is 30.0 Å². The topological polar surface area (TPSA) is 34.1 Å². The van der Waals surface area contributed by atoms with Crippen LogP contribution in [-0.2, 0) is 9.59 Å². The summed E-state index contributed by atoms with van der Waals surface area (Å²) in [6, 6.07) is 0. The smallest absolute Gasteiger partial charge is 0.161 e. The molecule has 0 heterocycles. The van der Waals surface area contributed by atoms with E-state index in [1.807, 2.05) is 19.9 Å². The van der Waals surface area contributed by atoms with Crippen molar-refractivity contribution in [1.82, 2.24) is 0 Å². The molecule has 4 atom stereocenters. The molecular weight excluding hydrogens is 272 g/mol. The van der Waals surface area contributed by atoms with Crippen molar-refractivity contribution in [2.24, 2.45) is 23.2 Å². The zero-order valence-corrected chi connectivity index (χ0v) is 14.7. The summed E-state index contributed by atoms with van der Waals surface area (Å²) >= 11 is 0. The van der Waals surface area contributed by atoms with E-state index in [9.17, 15) is 9.59 Å². The van der Waals surface area contributed by atoms with Crippen LogP contribution in [0.3, 0.4) is 0 Å². The second kappa shape index (κ2) is 6.52. The highest BCUT2D eigenvalue weighted by atomic mass is 16.1. The molecule has 0 aromatic rings. The van der Waals surface area contributed by atoms with Crippen molar-refractivity contribution >= 4 is 11.6 Å². The van der Waals surface area contributed by atoms with Crippen LogP contribution >= 0.6 is 0 Å². The predicted octanol–water partition coefficient (Wildman–Crippen LogP) is 4.89. The average Bonchev–Trinajstić information content (AvgIpc) is 2.68. The van der Waals surface area contributed by atoms with Crippen molar-refractivity contribution in [3.63, 3.8) is 0 Å². The molecule has 2 nitrogen and oxygen atoms in total. The zero-order chi connectivity index (χ0) is 16.5. The molecule has 1 fully saturated rings. The minimum atomic E-state index is -0.198. The second-order valence-corrected chi connectivity index (χ2v) is 7.99. The number of rotatable bonds is 4. The van der Waals surface area contributed by atoms with Crippen LogP contribution in [0.25, 0.3) is 0 Å². The molecule has 1 saturated carbocycles. The Bertz CT molecular complexity index is 522. The fourth-order valence-electron chi connectivity index (χ4n) is 4.54. The summed E-state index contributed by atoms with van der Waals surface area (Å²) < 4.78 is 0. The number of allylic oxidation sites excluding steroid dienone is 4. The summed E-state index contributed by atoms with van der Waals surface area (Å²) in [4.78, 5) is 24.7. The standard InChI is InChI=1S/C20H30O2/c1-13(2)10-16(21)12-15(4)17-8-9-20(5)18(17)7-6-14(3)11-19(20)22/h10-11,15,17-18H,6-9,12H2,1-5H3/t15-,17-,18-,20-/m1/s1. The molecule has 122 valence electrons. The van der Waals surface area contributed by atoms with Crippen LogP contribution in [0.1, 0.15) is 66.7 Å². The minimum Gasteiger partial charge on any atom is -0.295 e. The molecule has 0 saturated heterocycles. The molecule has 0 unspecified atom stereocenters. The van der Waals surface area contributed by atoms with Gasteiger partial charge in [-0.15, -0.1) is 0 Å². The molecule has 2 aliphatic rings. The highest BCUT2D eigenvalue weighted by Gasteiger charge is 2.50. The Labute approximate surface area is 135 Å².